The summed E-state index contributed by atoms with van der Waals surface area (Å²) in [4.78, 5) is 43.3. The molecule has 0 unspecified atom stereocenters. The molecular weight excluding hydrogens is 342 g/mol. The second-order valence-electron chi connectivity index (χ2n) is 6.53. The molecule has 1 aliphatic rings. The van der Waals surface area contributed by atoms with Gasteiger partial charge in [0.2, 0.25) is 0 Å². The van der Waals surface area contributed by atoms with E-state index in [2.05, 4.69) is 10.3 Å². The molecule has 1 N–H and O–H groups in total. The number of nitrogens with one attached hydrogen (secondary N) is 1. The lowest BCUT2D eigenvalue weighted by Crippen LogP contribution is -2.41. The maximum atomic E-state index is 12.4. The third-order valence-electron chi connectivity index (χ3n) is 4.84. The van der Waals surface area contributed by atoms with Crippen molar-refractivity contribution in [2.24, 2.45) is 20.0 Å². The first-order valence-electron chi connectivity index (χ1n) is 8.49. The number of rotatable bonds is 3. The van der Waals surface area contributed by atoms with Gasteiger partial charge in [-0.2, -0.15) is 0 Å². The number of thiazole rings is 1. The normalized spacial score (nSPS) is 15.5. The molecule has 0 bridgehead atoms. The summed E-state index contributed by atoms with van der Waals surface area (Å²) in [6.07, 6.45) is 5.80. The maximum Gasteiger partial charge on any atom is 0.331 e. The Kier molecular flexibility index (Phi) is 4.94. The standard InChI is InChI=1S/C16H23N5O3S/c1-17-14(23)21(9-10-7-5-4-6-8-10)15-18-11-12(22)19(2)16(24)20(3)13(11)25-15/h10H,4-9H2,1-3H3,(H,17,23). The zero-order chi connectivity index (χ0) is 18.1. The van der Waals surface area contributed by atoms with E-state index >= 15 is 0 Å². The predicted octanol–water partition coefficient (Wildman–Crippen LogP) is 1.42. The lowest BCUT2D eigenvalue weighted by molar-refractivity contribution is 0.245. The molecule has 0 radical (unpaired) electrons. The van der Waals surface area contributed by atoms with Crippen LogP contribution in [-0.4, -0.2) is 33.7 Å². The molecule has 8 nitrogen and oxygen atoms in total. The van der Waals surface area contributed by atoms with Crippen LogP contribution in [0.2, 0.25) is 0 Å². The Morgan fingerprint density at radius 3 is 2.56 bits per heavy atom. The van der Waals surface area contributed by atoms with E-state index in [0.29, 0.717) is 22.4 Å². The monoisotopic (exact) mass is 365 g/mol. The number of urea groups is 1. The molecule has 1 saturated carbocycles. The second-order valence-corrected chi connectivity index (χ2v) is 7.48. The molecule has 2 heterocycles. The summed E-state index contributed by atoms with van der Waals surface area (Å²) in [7, 11) is 4.62. The van der Waals surface area contributed by atoms with E-state index in [4.69, 9.17) is 0 Å². The highest BCUT2D eigenvalue weighted by Gasteiger charge is 2.25. The molecule has 9 heteroatoms. The van der Waals surface area contributed by atoms with Crippen LogP contribution in [0.25, 0.3) is 10.3 Å². The highest BCUT2D eigenvalue weighted by molar-refractivity contribution is 7.22. The number of carbonyl (C=O) groups excluding carboxylic acids is 1. The van der Waals surface area contributed by atoms with Crippen molar-refractivity contribution in [3.8, 4) is 0 Å². The van der Waals surface area contributed by atoms with Crippen molar-refractivity contribution in [3.63, 3.8) is 0 Å². The number of hydrogen-bond acceptors (Lipinski definition) is 5. The van der Waals surface area contributed by atoms with Gasteiger partial charge in [-0.15, -0.1) is 0 Å². The van der Waals surface area contributed by atoms with Crippen molar-refractivity contribution in [1.82, 2.24) is 19.4 Å². The lowest BCUT2D eigenvalue weighted by Gasteiger charge is -2.27. The summed E-state index contributed by atoms with van der Waals surface area (Å²) < 4.78 is 2.44. The van der Waals surface area contributed by atoms with Crippen molar-refractivity contribution < 1.29 is 4.79 Å². The van der Waals surface area contributed by atoms with Gasteiger partial charge >= 0.3 is 11.7 Å². The van der Waals surface area contributed by atoms with Gasteiger partial charge in [-0.1, -0.05) is 30.6 Å². The smallest absolute Gasteiger partial charge is 0.331 e. The minimum atomic E-state index is -0.435. The number of amides is 2. The fourth-order valence-electron chi connectivity index (χ4n) is 3.35. The molecule has 0 spiro atoms. The molecular formula is C16H23N5O3S. The van der Waals surface area contributed by atoms with Crippen molar-refractivity contribution in [2.45, 2.75) is 32.1 Å². The first-order chi connectivity index (χ1) is 11.9. The topological polar surface area (TPSA) is 89.2 Å². The second kappa shape index (κ2) is 6.99. The summed E-state index contributed by atoms with van der Waals surface area (Å²) in [5.74, 6) is 0.435. The van der Waals surface area contributed by atoms with E-state index < -0.39 is 11.2 Å². The molecule has 2 aromatic heterocycles. The van der Waals surface area contributed by atoms with Crippen LogP contribution in [0.15, 0.2) is 9.59 Å². The lowest BCUT2D eigenvalue weighted by atomic mass is 9.89. The molecule has 1 aliphatic carbocycles. The van der Waals surface area contributed by atoms with Crippen LogP contribution in [0, 0.1) is 5.92 Å². The molecule has 2 aromatic rings. The van der Waals surface area contributed by atoms with Crippen LogP contribution in [0.3, 0.4) is 0 Å². The van der Waals surface area contributed by atoms with Gasteiger partial charge in [0.05, 0.1) is 0 Å². The number of carbonyl (C=O) groups is 1. The molecule has 136 valence electrons. The highest BCUT2D eigenvalue weighted by atomic mass is 32.1. The fourth-order valence-corrected chi connectivity index (χ4v) is 4.37. The van der Waals surface area contributed by atoms with Crippen LogP contribution >= 0.6 is 11.3 Å². The van der Waals surface area contributed by atoms with Gasteiger partial charge in [0.15, 0.2) is 10.6 Å². The third-order valence-corrected chi connectivity index (χ3v) is 5.99. The average molecular weight is 365 g/mol. The number of aryl methyl sites for hydroxylation is 1. The summed E-state index contributed by atoms with van der Waals surface area (Å²) in [6.45, 7) is 0.577. The van der Waals surface area contributed by atoms with Crippen LogP contribution in [0.4, 0.5) is 9.93 Å². The van der Waals surface area contributed by atoms with Gasteiger partial charge in [-0.3, -0.25) is 18.8 Å². The highest BCUT2D eigenvalue weighted by Crippen LogP contribution is 2.30. The first-order valence-corrected chi connectivity index (χ1v) is 9.31. The van der Waals surface area contributed by atoms with E-state index in [1.165, 1.54) is 42.2 Å². The number of fused-ring (bicyclic) bond motifs is 1. The maximum absolute atomic E-state index is 12.4. The molecule has 0 aromatic carbocycles. The Morgan fingerprint density at radius 1 is 1.24 bits per heavy atom. The summed E-state index contributed by atoms with van der Waals surface area (Å²) >= 11 is 1.20. The van der Waals surface area contributed by atoms with Crippen molar-refractivity contribution in [1.29, 1.82) is 0 Å². The zero-order valence-corrected chi connectivity index (χ0v) is 15.6. The predicted molar refractivity (Wildman–Crippen MR) is 98.5 cm³/mol. The molecule has 25 heavy (non-hydrogen) atoms. The van der Waals surface area contributed by atoms with E-state index in [0.717, 1.165) is 17.4 Å². The van der Waals surface area contributed by atoms with Crippen LogP contribution in [-0.2, 0) is 14.1 Å². The average Bonchev–Trinajstić information content (AvgIpc) is 3.08. The fraction of sp³-hybridized carbons (Fsp3) is 0.625. The number of aromatic nitrogens is 3. The Balaban J connectivity index is 2.05. The first kappa shape index (κ1) is 17.7. The van der Waals surface area contributed by atoms with E-state index in [-0.39, 0.29) is 11.5 Å². The van der Waals surface area contributed by atoms with E-state index in [1.54, 1.807) is 19.0 Å². The Hall–Kier alpha value is -2.16. The van der Waals surface area contributed by atoms with Crippen LogP contribution in [0.5, 0.6) is 0 Å². The van der Waals surface area contributed by atoms with Crippen LogP contribution in [0.1, 0.15) is 32.1 Å². The molecule has 0 saturated heterocycles. The summed E-state index contributed by atoms with van der Waals surface area (Å²) in [5, 5.41) is 3.11. The minimum Gasteiger partial charge on any atom is -0.341 e. The Labute approximate surface area is 149 Å². The van der Waals surface area contributed by atoms with Crippen LogP contribution < -0.4 is 21.5 Å². The molecule has 3 rings (SSSR count). The Morgan fingerprint density at radius 2 is 1.92 bits per heavy atom. The van der Waals surface area contributed by atoms with E-state index in [1.807, 2.05) is 0 Å². The SMILES string of the molecule is CNC(=O)N(CC1CCCCC1)c1nc2c(=O)n(C)c(=O)n(C)c2s1. The summed E-state index contributed by atoms with van der Waals surface area (Å²) in [6, 6.07) is -0.244. The van der Waals surface area contributed by atoms with Gasteiger partial charge < -0.3 is 5.32 Å². The van der Waals surface area contributed by atoms with Gasteiger partial charge in [0, 0.05) is 27.7 Å². The van der Waals surface area contributed by atoms with Gasteiger partial charge in [-0.05, 0) is 18.8 Å². The largest absolute Gasteiger partial charge is 0.341 e. The van der Waals surface area contributed by atoms with Crippen molar-refractivity contribution >= 4 is 32.8 Å². The Bertz CT molecular complexity index is 907. The third kappa shape index (κ3) is 3.20. The van der Waals surface area contributed by atoms with Crippen molar-refractivity contribution in [2.75, 3.05) is 18.5 Å². The van der Waals surface area contributed by atoms with Gasteiger partial charge in [-0.25, -0.2) is 14.6 Å². The number of anilines is 1. The van der Waals surface area contributed by atoms with E-state index in [9.17, 15) is 14.4 Å². The number of hydrogen-bond donors (Lipinski definition) is 1. The molecule has 0 atom stereocenters. The van der Waals surface area contributed by atoms with Gasteiger partial charge in [0.25, 0.3) is 5.56 Å². The van der Waals surface area contributed by atoms with Crippen molar-refractivity contribution in [3.05, 3.63) is 20.8 Å². The molecule has 0 aliphatic heterocycles. The number of nitrogens with zero attached hydrogens (tertiary/aromatic N) is 4. The molecule has 1 fully saturated rings. The minimum absolute atomic E-state index is 0.224. The quantitative estimate of drug-likeness (QED) is 0.891. The zero-order valence-electron chi connectivity index (χ0n) is 14.7. The van der Waals surface area contributed by atoms with Gasteiger partial charge in [0.1, 0.15) is 4.83 Å². The summed E-state index contributed by atoms with van der Waals surface area (Å²) in [5.41, 5.74) is -0.608. The molecule has 2 amide bonds.